The van der Waals surface area contributed by atoms with E-state index in [4.69, 9.17) is 37.9 Å². The number of hydrogen-bond donors (Lipinski definition) is 10. The van der Waals surface area contributed by atoms with Crippen LogP contribution >= 0.6 is 0 Å². The van der Waals surface area contributed by atoms with Crippen LogP contribution in [-0.2, 0) is 47.5 Å². The van der Waals surface area contributed by atoms with Gasteiger partial charge in [0.05, 0.1) is 62.3 Å². The number of fused-ring (bicyclic) bond motifs is 2. The lowest BCUT2D eigenvalue weighted by Gasteiger charge is -2.43. The van der Waals surface area contributed by atoms with Gasteiger partial charge < -0.3 is 89.0 Å². The second-order valence-corrected chi connectivity index (χ2v) is 18.2. The number of esters is 2. The number of aliphatic hydroxyl groups is 10. The summed E-state index contributed by atoms with van der Waals surface area (Å²) in [5.74, 6) is -3.76. The van der Waals surface area contributed by atoms with Crippen LogP contribution in [0.1, 0.15) is 66.2 Å². The van der Waals surface area contributed by atoms with Crippen molar-refractivity contribution in [2.75, 3.05) is 26.4 Å². The molecular formula is C42H66O20. The summed E-state index contributed by atoms with van der Waals surface area (Å²) in [6, 6.07) is 0. The minimum absolute atomic E-state index is 0.0177. The predicted molar refractivity (Wildman–Crippen MR) is 208 cm³/mol. The zero-order chi connectivity index (χ0) is 45.2. The highest BCUT2D eigenvalue weighted by Crippen LogP contribution is 2.49. The van der Waals surface area contributed by atoms with E-state index >= 15 is 0 Å². The van der Waals surface area contributed by atoms with Gasteiger partial charge in [0, 0.05) is 23.7 Å². The first-order valence-corrected chi connectivity index (χ1v) is 21.8. The Morgan fingerprint density at radius 3 is 1.50 bits per heavy atom. The van der Waals surface area contributed by atoms with Gasteiger partial charge in [-0.1, -0.05) is 40.5 Å². The summed E-state index contributed by atoms with van der Waals surface area (Å²) in [6.45, 7) is 6.61. The third-order valence-corrected chi connectivity index (χ3v) is 13.9. The molecule has 2 saturated heterocycles. The number of rotatable bonds is 17. The molecule has 22 atom stereocenters. The van der Waals surface area contributed by atoms with Crippen molar-refractivity contribution < 1.29 is 98.5 Å². The number of ether oxygens (including phenoxy) is 8. The second-order valence-electron chi connectivity index (χ2n) is 18.2. The van der Waals surface area contributed by atoms with Crippen LogP contribution < -0.4 is 0 Å². The molecule has 2 saturated carbocycles. The Bertz CT molecular complexity index is 1560. The molecular weight excluding hydrogens is 824 g/mol. The molecule has 0 radical (unpaired) electrons. The van der Waals surface area contributed by atoms with E-state index in [0.29, 0.717) is 6.42 Å². The van der Waals surface area contributed by atoms with Crippen LogP contribution in [0.2, 0.25) is 0 Å². The van der Waals surface area contributed by atoms with Gasteiger partial charge in [-0.2, -0.15) is 0 Å². The van der Waals surface area contributed by atoms with Crippen LogP contribution in [-0.4, -0.2) is 176 Å². The Morgan fingerprint density at radius 1 is 0.613 bits per heavy atom. The van der Waals surface area contributed by atoms with Crippen molar-refractivity contribution in [1.29, 1.82) is 0 Å². The standard InChI is InChI=1S/C42H66O20/c1-17(8-9-55-37(53)23-15-57-39(29-19(3)25(45)10-21(23)29)61-41-35(51)33(49)31(47)27(12-43)59-41)6-5-7-18(2)14-56-38(54)24-16-58-40(30-20(4)26(46)11-22(24)30)62-42-36(52)34(50)32(48)28(13-44)60-42/h15-22,25-36,39-52H,5-14H2,1-4H3/t17-,18+,19+,20+,21-,22-,25-,26-,27+,28+,29-,30-,31+,32+,33-,34-,35+,36+,39+,40+,41-,42-/m1/s1. The normalized spacial score (nSPS) is 43.8. The summed E-state index contributed by atoms with van der Waals surface area (Å²) in [7, 11) is 0. The van der Waals surface area contributed by atoms with Gasteiger partial charge >= 0.3 is 11.9 Å². The molecule has 0 spiro atoms. The van der Waals surface area contributed by atoms with Crippen molar-refractivity contribution in [2.45, 2.75) is 152 Å². The Balaban J connectivity index is 0.920. The summed E-state index contributed by atoms with van der Waals surface area (Å²) in [4.78, 5) is 26.6. The maximum absolute atomic E-state index is 13.3. The molecule has 10 N–H and O–H groups in total. The highest BCUT2D eigenvalue weighted by atomic mass is 16.8. The molecule has 20 nitrogen and oxygen atoms in total. The predicted octanol–water partition coefficient (Wildman–Crippen LogP) is -1.71. The van der Waals surface area contributed by atoms with Crippen molar-refractivity contribution in [3.8, 4) is 0 Å². The van der Waals surface area contributed by atoms with Crippen LogP contribution in [0.25, 0.3) is 0 Å². The minimum atomic E-state index is -1.65. The lowest BCUT2D eigenvalue weighted by atomic mass is 9.83. The number of aliphatic hydroxyl groups excluding tert-OH is 10. The van der Waals surface area contributed by atoms with Crippen molar-refractivity contribution in [3.63, 3.8) is 0 Å². The average molecular weight is 891 g/mol. The molecule has 6 aliphatic rings. The highest BCUT2D eigenvalue weighted by molar-refractivity contribution is 5.89. The fourth-order valence-electron chi connectivity index (χ4n) is 9.74. The lowest BCUT2D eigenvalue weighted by molar-refractivity contribution is -0.342. The number of carbonyl (C=O) groups is 2. The van der Waals surface area contributed by atoms with Crippen LogP contribution in [0, 0.1) is 47.3 Å². The second kappa shape index (κ2) is 21.2. The van der Waals surface area contributed by atoms with E-state index in [2.05, 4.69) is 0 Å². The first kappa shape index (κ1) is 48.9. The Hall–Kier alpha value is -2.54. The number of hydrogen-bond acceptors (Lipinski definition) is 20. The topological polar surface area (TPSA) is 310 Å². The summed E-state index contributed by atoms with van der Waals surface area (Å²) >= 11 is 0. The summed E-state index contributed by atoms with van der Waals surface area (Å²) in [5.41, 5.74) is 0.488. The zero-order valence-electron chi connectivity index (χ0n) is 35.5. The largest absolute Gasteiger partial charge is 0.472 e. The Labute approximate surface area is 359 Å². The molecule has 20 heteroatoms. The van der Waals surface area contributed by atoms with Gasteiger partial charge in [0.25, 0.3) is 0 Å². The summed E-state index contributed by atoms with van der Waals surface area (Å²) < 4.78 is 45.7. The molecule has 4 heterocycles. The smallest absolute Gasteiger partial charge is 0.337 e. The average Bonchev–Trinajstić information content (AvgIpc) is 3.72. The molecule has 0 aromatic heterocycles. The SMILES string of the molecule is C[C@H](CCC[C@H](C)COC(=O)C1=CO[C@@H](O[C@H]2O[C@@H](CO)[C@H](O)[C@@H](O)[C@@H]2O)[C@@H]2[C@@H](C)[C@H](O)C[C@H]12)CCOC(=O)C1=CO[C@@H](O[C@H]2O[C@@H](CO)[C@H](O)[C@@H](O)[C@@H]2O)[C@@H]2[C@@H](C)[C@H](O)C[C@H]12. The first-order valence-electron chi connectivity index (χ1n) is 21.8. The monoisotopic (exact) mass is 890 g/mol. The molecule has 0 amide bonds. The van der Waals surface area contributed by atoms with Gasteiger partial charge in [0.1, 0.15) is 48.8 Å². The van der Waals surface area contributed by atoms with E-state index in [9.17, 15) is 60.7 Å². The zero-order valence-corrected chi connectivity index (χ0v) is 35.5. The molecule has 62 heavy (non-hydrogen) atoms. The van der Waals surface area contributed by atoms with Crippen molar-refractivity contribution >= 4 is 11.9 Å². The van der Waals surface area contributed by atoms with Gasteiger partial charge in [-0.05, 0) is 49.4 Å². The van der Waals surface area contributed by atoms with E-state index in [1.807, 2.05) is 13.8 Å². The fraction of sp³-hybridized carbons (Fsp3) is 0.857. The minimum Gasteiger partial charge on any atom is -0.472 e. The Kier molecular flexibility index (Phi) is 16.7. The molecule has 0 bridgehead atoms. The Morgan fingerprint density at radius 2 is 1.05 bits per heavy atom. The molecule has 4 fully saturated rings. The molecule has 4 aliphatic heterocycles. The van der Waals surface area contributed by atoms with Gasteiger partial charge in [0.15, 0.2) is 12.6 Å². The van der Waals surface area contributed by atoms with Crippen LogP contribution in [0.15, 0.2) is 23.7 Å². The van der Waals surface area contributed by atoms with E-state index in [1.54, 1.807) is 13.8 Å². The molecule has 2 aliphatic carbocycles. The molecule has 0 aromatic rings. The van der Waals surface area contributed by atoms with E-state index in [-0.39, 0.29) is 60.9 Å². The summed E-state index contributed by atoms with van der Waals surface area (Å²) in [6.07, 6.45) is -12.8. The molecule has 6 rings (SSSR count). The van der Waals surface area contributed by atoms with E-state index in [1.165, 1.54) is 12.5 Å². The first-order chi connectivity index (χ1) is 29.5. The lowest BCUT2D eigenvalue weighted by Crippen LogP contribution is -2.60. The van der Waals surface area contributed by atoms with E-state index < -0.39 is 135 Å². The number of carbonyl (C=O) groups excluding carboxylic acids is 2. The molecule has 0 aromatic carbocycles. The molecule has 0 unspecified atom stereocenters. The highest BCUT2D eigenvalue weighted by Gasteiger charge is 2.55. The maximum atomic E-state index is 13.3. The van der Waals surface area contributed by atoms with Crippen LogP contribution in [0.5, 0.6) is 0 Å². The van der Waals surface area contributed by atoms with Crippen molar-refractivity contribution in [2.24, 2.45) is 47.3 Å². The van der Waals surface area contributed by atoms with Crippen molar-refractivity contribution in [1.82, 2.24) is 0 Å². The van der Waals surface area contributed by atoms with Crippen LogP contribution in [0.4, 0.5) is 0 Å². The fourth-order valence-corrected chi connectivity index (χ4v) is 9.74. The van der Waals surface area contributed by atoms with Gasteiger partial charge in [-0.25, -0.2) is 9.59 Å². The maximum Gasteiger partial charge on any atom is 0.337 e. The quantitative estimate of drug-likeness (QED) is 0.0727. The van der Waals surface area contributed by atoms with Gasteiger partial charge in [-0.15, -0.1) is 0 Å². The van der Waals surface area contributed by atoms with Crippen LogP contribution in [0.3, 0.4) is 0 Å². The third-order valence-electron chi connectivity index (χ3n) is 13.9. The van der Waals surface area contributed by atoms with E-state index in [0.717, 1.165) is 19.3 Å². The molecule has 354 valence electrons. The van der Waals surface area contributed by atoms with Gasteiger partial charge in [0.2, 0.25) is 12.6 Å². The summed E-state index contributed by atoms with van der Waals surface area (Å²) in [5, 5.41) is 102. The third kappa shape index (κ3) is 10.4. The van der Waals surface area contributed by atoms with Gasteiger partial charge in [-0.3, -0.25) is 0 Å². The van der Waals surface area contributed by atoms with Crippen molar-refractivity contribution in [3.05, 3.63) is 23.7 Å².